The predicted octanol–water partition coefficient (Wildman–Crippen LogP) is 4.58. The summed E-state index contributed by atoms with van der Waals surface area (Å²) in [4.78, 5) is 0. The average Bonchev–Trinajstić information content (AvgIpc) is 2.37. The molecule has 0 saturated carbocycles. The fourth-order valence-corrected chi connectivity index (χ4v) is 1.51. The normalized spacial score (nSPS) is 11.5. The molecular weight excluding hydrogens is 310 g/mol. The number of hydrogen-bond donors (Lipinski definition) is 2. The van der Waals surface area contributed by atoms with Gasteiger partial charge in [-0.15, -0.1) is 0 Å². The van der Waals surface area contributed by atoms with Gasteiger partial charge in [-0.3, -0.25) is 0 Å². The molecule has 0 aromatic heterocycles. The monoisotopic (exact) mass is 322 g/mol. The molecule has 0 unspecified atom stereocenters. The number of alkyl halides is 6. The maximum atomic E-state index is 12.0. The van der Waals surface area contributed by atoms with Crippen molar-refractivity contribution >= 4 is 11.4 Å². The first-order chi connectivity index (χ1) is 10.0. The van der Waals surface area contributed by atoms with E-state index in [1.54, 1.807) is 0 Å². The van der Waals surface area contributed by atoms with Gasteiger partial charge < -0.3 is 11.5 Å². The maximum Gasteiger partial charge on any atom is 0.418 e. The summed E-state index contributed by atoms with van der Waals surface area (Å²) in [6, 6.07) is 9.89. The quantitative estimate of drug-likeness (QED) is 0.551. The second-order valence-electron chi connectivity index (χ2n) is 4.17. The number of halogens is 6. The van der Waals surface area contributed by atoms with E-state index in [1.165, 1.54) is 36.4 Å². The first-order valence-corrected chi connectivity index (χ1v) is 5.87. The molecule has 0 fully saturated rings. The summed E-state index contributed by atoms with van der Waals surface area (Å²) in [5.41, 5.74) is 8.15. The zero-order valence-corrected chi connectivity index (χ0v) is 11.0. The second kappa shape index (κ2) is 6.59. The van der Waals surface area contributed by atoms with Crippen molar-refractivity contribution in [3.05, 3.63) is 59.7 Å². The van der Waals surface area contributed by atoms with Gasteiger partial charge in [0.1, 0.15) is 0 Å². The van der Waals surface area contributed by atoms with Crippen LogP contribution in [0.1, 0.15) is 11.1 Å². The Morgan fingerprint density at radius 3 is 1.00 bits per heavy atom. The van der Waals surface area contributed by atoms with Gasteiger partial charge in [-0.2, -0.15) is 26.3 Å². The van der Waals surface area contributed by atoms with Crippen molar-refractivity contribution in [2.45, 2.75) is 12.4 Å². The zero-order chi connectivity index (χ0) is 17.0. The molecule has 4 N–H and O–H groups in total. The fourth-order valence-electron chi connectivity index (χ4n) is 1.51. The second-order valence-corrected chi connectivity index (χ2v) is 4.17. The Labute approximate surface area is 122 Å². The van der Waals surface area contributed by atoms with E-state index >= 15 is 0 Å². The molecule has 0 heterocycles. The molecular formula is C14H12F6N2. The Bertz CT molecular complexity index is 564. The topological polar surface area (TPSA) is 52.0 Å². The van der Waals surface area contributed by atoms with E-state index in [0.717, 1.165) is 12.1 Å². The van der Waals surface area contributed by atoms with E-state index in [0.29, 0.717) is 0 Å². The van der Waals surface area contributed by atoms with Crippen molar-refractivity contribution in [1.82, 2.24) is 0 Å². The van der Waals surface area contributed by atoms with E-state index in [4.69, 9.17) is 11.5 Å². The fraction of sp³-hybridized carbons (Fsp3) is 0.143. The summed E-state index contributed by atoms with van der Waals surface area (Å²) in [6.45, 7) is 0. The van der Waals surface area contributed by atoms with Gasteiger partial charge in [-0.05, 0) is 24.3 Å². The molecule has 2 rings (SSSR count). The van der Waals surface area contributed by atoms with Crippen LogP contribution < -0.4 is 11.5 Å². The Balaban J connectivity index is 0.000000220. The largest absolute Gasteiger partial charge is 0.418 e. The molecule has 0 spiro atoms. The van der Waals surface area contributed by atoms with Crippen LogP contribution in [0.25, 0.3) is 0 Å². The van der Waals surface area contributed by atoms with Gasteiger partial charge in [-0.25, -0.2) is 0 Å². The lowest BCUT2D eigenvalue weighted by Crippen LogP contribution is -2.08. The third kappa shape index (κ3) is 4.87. The minimum absolute atomic E-state index is 0.236. The first-order valence-electron chi connectivity index (χ1n) is 5.87. The summed E-state index contributed by atoms with van der Waals surface area (Å²) in [7, 11) is 0. The minimum atomic E-state index is -4.34. The van der Waals surface area contributed by atoms with Gasteiger partial charge in [0.25, 0.3) is 0 Å². The van der Waals surface area contributed by atoms with E-state index in [2.05, 4.69) is 0 Å². The van der Waals surface area contributed by atoms with Crippen LogP contribution in [0.3, 0.4) is 0 Å². The lowest BCUT2D eigenvalue weighted by atomic mass is 10.2. The number of anilines is 2. The van der Waals surface area contributed by atoms with E-state index in [9.17, 15) is 26.3 Å². The number of nitrogens with two attached hydrogens (primary N) is 2. The van der Waals surface area contributed by atoms with Gasteiger partial charge in [-0.1, -0.05) is 24.3 Å². The molecule has 2 aromatic rings. The van der Waals surface area contributed by atoms with Crippen molar-refractivity contribution in [1.29, 1.82) is 0 Å². The van der Waals surface area contributed by atoms with Gasteiger partial charge in [0.05, 0.1) is 11.1 Å². The molecule has 2 aromatic carbocycles. The Morgan fingerprint density at radius 2 is 0.818 bits per heavy atom. The summed E-state index contributed by atoms with van der Waals surface area (Å²) in [5, 5.41) is 0. The maximum absolute atomic E-state index is 12.0. The van der Waals surface area contributed by atoms with Crippen LogP contribution in [0.2, 0.25) is 0 Å². The Hall–Kier alpha value is -2.38. The van der Waals surface area contributed by atoms with Crippen LogP contribution >= 0.6 is 0 Å². The molecule has 0 aliphatic rings. The SMILES string of the molecule is Nc1ccccc1C(F)(F)F.Nc1ccccc1C(F)(F)F. The van der Waals surface area contributed by atoms with Gasteiger partial charge in [0.2, 0.25) is 0 Å². The van der Waals surface area contributed by atoms with Crippen molar-refractivity contribution in [3.63, 3.8) is 0 Å². The molecule has 0 aliphatic carbocycles. The standard InChI is InChI=1S/2C7H6F3N/c2*8-7(9,10)5-3-1-2-4-6(5)11/h2*1-4H,11H2. The highest BCUT2D eigenvalue weighted by atomic mass is 19.4. The molecule has 0 atom stereocenters. The minimum Gasteiger partial charge on any atom is -0.398 e. The van der Waals surface area contributed by atoms with Crippen LogP contribution in [-0.4, -0.2) is 0 Å². The number of rotatable bonds is 0. The highest BCUT2D eigenvalue weighted by molar-refractivity contribution is 5.48. The van der Waals surface area contributed by atoms with Crippen LogP contribution in [0.4, 0.5) is 37.7 Å². The van der Waals surface area contributed by atoms with Crippen molar-refractivity contribution in [2.75, 3.05) is 11.5 Å². The van der Waals surface area contributed by atoms with Gasteiger partial charge in [0, 0.05) is 11.4 Å². The lowest BCUT2D eigenvalue weighted by Gasteiger charge is -2.07. The molecule has 120 valence electrons. The van der Waals surface area contributed by atoms with Gasteiger partial charge >= 0.3 is 12.4 Å². The number of hydrogen-bond acceptors (Lipinski definition) is 2. The van der Waals surface area contributed by atoms with Gasteiger partial charge in [0.15, 0.2) is 0 Å². The summed E-state index contributed by atoms with van der Waals surface area (Å²) >= 11 is 0. The molecule has 0 aliphatic heterocycles. The van der Waals surface area contributed by atoms with Crippen molar-refractivity contribution in [3.8, 4) is 0 Å². The third-order valence-corrected chi connectivity index (χ3v) is 2.53. The van der Waals surface area contributed by atoms with Crippen molar-refractivity contribution < 1.29 is 26.3 Å². The molecule has 2 nitrogen and oxygen atoms in total. The number of para-hydroxylation sites is 2. The summed E-state index contributed by atoms with van der Waals surface area (Å²) in [6.07, 6.45) is -8.68. The molecule has 22 heavy (non-hydrogen) atoms. The predicted molar refractivity (Wildman–Crippen MR) is 71.7 cm³/mol. The molecule has 0 bridgehead atoms. The van der Waals surface area contributed by atoms with Crippen molar-refractivity contribution in [2.24, 2.45) is 0 Å². The molecule has 0 saturated heterocycles. The molecule has 8 heteroatoms. The average molecular weight is 322 g/mol. The highest BCUT2D eigenvalue weighted by Gasteiger charge is 2.32. The summed E-state index contributed by atoms with van der Waals surface area (Å²) < 4.78 is 71.8. The van der Waals surface area contributed by atoms with Crippen LogP contribution in [0.5, 0.6) is 0 Å². The Morgan fingerprint density at radius 1 is 0.545 bits per heavy atom. The lowest BCUT2D eigenvalue weighted by molar-refractivity contribution is -0.137. The Kier molecular flexibility index (Phi) is 5.29. The molecule has 0 radical (unpaired) electrons. The summed E-state index contributed by atoms with van der Waals surface area (Å²) in [5.74, 6) is 0. The highest BCUT2D eigenvalue weighted by Crippen LogP contribution is 2.33. The van der Waals surface area contributed by atoms with E-state index in [-0.39, 0.29) is 11.4 Å². The zero-order valence-electron chi connectivity index (χ0n) is 11.0. The number of benzene rings is 2. The smallest absolute Gasteiger partial charge is 0.398 e. The van der Waals surface area contributed by atoms with Crippen LogP contribution in [0.15, 0.2) is 48.5 Å². The number of nitrogen functional groups attached to an aromatic ring is 2. The third-order valence-electron chi connectivity index (χ3n) is 2.53. The first kappa shape index (κ1) is 17.7. The molecule has 0 amide bonds. The van der Waals surface area contributed by atoms with Crippen LogP contribution in [0, 0.1) is 0 Å². The van der Waals surface area contributed by atoms with Crippen LogP contribution in [-0.2, 0) is 12.4 Å². The van der Waals surface area contributed by atoms with E-state index < -0.39 is 23.5 Å². The van der Waals surface area contributed by atoms with E-state index in [1.807, 2.05) is 0 Å².